The van der Waals surface area contributed by atoms with E-state index in [1.54, 1.807) is 0 Å². The minimum Gasteiger partial charge on any atom is -0.475 e. The highest BCUT2D eigenvalue weighted by Crippen LogP contribution is 2.30. The van der Waals surface area contributed by atoms with Crippen molar-refractivity contribution in [3.63, 3.8) is 0 Å². The number of hydrogen-bond acceptors (Lipinski definition) is 5. The van der Waals surface area contributed by atoms with Crippen LogP contribution in [0.5, 0.6) is 0 Å². The lowest BCUT2D eigenvalue weighted by Gasteiger charge is -2.34. The molecular formula is C12H21N2O4+. The molecule has 0 heterocycles. The van der Waals surface area contributed by atoms with E-state index in [1.165, 1.54) is 0 Å². The summed E-state index contributed by atoms with van der Waals surface area (Å²) in [4.78, 5) is 14.5. The van der Waals surface area contributed by atoms with Crippen LogP contribution in [0.25, 0.3) is 4.98 Å². The van der Waals surface area contributed by atoms with E-state index in [1.807, 2.05) is 27.7 Å². The van der Waals surface area contributed by atoms with Gasteiger partial charge >= 0.3 is 17.6 Å². The molecule has 18 heavy (non-hydrogen) atoms. The zero-order chi connectivity index (χ0) is 14.3. The number of hydrogen-bond donors (Lipinski definition) is 1. The maximum Gasteiger partial charge on any atom is 0.547 e. The Kier molecular flexibility index (Phi) is 6.17. The van der Waals surface area contributed by atoms with Gasteiger partial charge in [0, 0.05) is 0 Å². The standard InChI is InChI=1S/C12H20N2O4/c1-6-12(7-2,8(3)4)18-11(16)9(14-13)10(15)17-5/h8H,6-7H2,1-5H3/p+1. The Balaban J connectivity index is 5.21. The summed E-state index contributed by atoms with van der Waals surface area (Å²) in [5.41, 5.74) is -1.29. The molecule has 0 bridgehead atoms. The average molecular weight is 257 g/mol. The van der Waals surface area contributed by atoms with Gasteiger partial charge in [-0.05, 0) is 18.8 Å². The Labute approximate surface area is 107 Å². The fraction of sp³-hybridized carbons (Fsp3) is 0.750. The van der Waals surface area contributed by atoms with Gasteiger partial charge in [0.1, 0.15) is 5.60 Å². The van der Waals surface area contributed by atoms with Crippen molar-refractivity contribution in [2.75, 3.05) is 7.11 Å². The van der Waals surface area contributed by atoms with Gasteiger partial charge in [-0.2, -0.15) is 0 Å². The second-order valence-corrected chi connectivity index (χ2v) is 4.27. The summed E-state index contributed by atoms with van der Waals surface area (Å²) in [5, 5.41) is 18.0. The van der Waals surface area contributed by atoms with E-state index in [2.05, 4.69) is 9.71 Å². The first kappa shape index (κ1) is 16.2. The minimum atomic E-state index is -0.908. The van der Waals surface area contributed by atoms with Crippen molar-refractivity contribution in [1.82, 2.24) is 0 Å². The van der Waals surface area contributed by atoms with Gasteiger partial charge in [-0.1, -0.05) is 27.7 Å². The average Bonchev–Trinajstić information content (AvgIpc) is 2.36. The van der Waals surface area contributed by atoms with E-state index in [0.717, 1.165) is 7.11 Å². The van der Waals surface area contributed by atoms with Crippen LogP contribution in [0.15, 0.2) is 11.6 Å². The summed E-state index contributed by atoms with van der Waals surface area (Å²) in [6.07, 6.45) is 1.25. The van der Waals surface area contributed by atoms with Crippen LogP contribution in [0.1, 0.15) is 40.5 Å². The van der Waals surface area contributed by atoms with Gasteiger partial charge in [0.2, 0.25) is 5.39 Å². The smallest absolute Gasteiger partial charge is 0.475 e. The summed E-state index contributed by atoms with van der Waals surface area (Å²) in [6, 6.07) is 0. The van der Waals surface area contributed by atoms with Crippen molar-refractivity contribution < 1.29 is 19.4 Å². The number of carbonyl (C=O) groups excluding carboxylic acids is 1. The molecule has 0 aliphatic heterocycles. The van der Waals surface area contributed by atoms with Crippen LogP contribution >= 0.6 is 0 Å². The van der Waals surface area contributed by atoms with Crippen molar-refractivity contribution in [3.05, 3.63) is 16.6 Å². The molecule has 0 saturated heterocycles. The van der Waals surface area contributed by atoms with Crippen LogP contribution in [0.2, 0.25) is 0 Å². The van der Waals surface area contributed by atoms with Crippen molar-refractivity contribution in [2.45, 2.75) is 46.1 Å². The molecule has 0 saturated carbocycles. The first-order chi connectivity index (χ1) is 8.38. The molecule has 0 aromatic heterocycles. The lowest BCUT2D eigenvalue weighted by Crippen LogP contribution is -2.39. The minimum absolute atomic E-state index is 0.0982. The van der Waals surface area contributed by atoms with Gasteiger partial charge in [-0.25, -0.2) is 4.79 Å². The van der Waals surface area contributed by atoms with E-state index in [0.29, 0.717) is 12.8 Å². The van der Waals surface area contributed by atoms with Gasteiger partial charge in [0.15, 0.2) is 4.98 Å². The molecule has 0 aromatic carbocycles. The molecule has 6 nitrogen and oxygen atoms in total. The van der Waals surface area contributed by atoms with Crippen LogP contribution in [0, 0.1) is 11.3 Å². The van der Waals surface area contributed by atoms with Gasteiger partial charge in [0.25, 0.3) is 0 Å². The van der Waals surface area contributed by atoms with E-state index < -0.39 is 23.2 Å². The second kappa shape index (κ2) is 6.84. The zero-order valence-corrected chi connectivity index (χ0v) is 11.6. The van der Waals surface area contributed by atoms with Crippen molar-refractivity contribution in [2.24, 2.45) is 5.92 Å². The van der Waals surface area contributed by atoms with Crippen molar-refractivity contribution in [3.8, 4) is 0 Å². The third-order valence-electron chi connectivity index (χ3n) is 3.23. The molecule has 0 spiro atoms. The third kappa shape index (κ3) is 3.36. The molecule has 102 valence electrons. The predicted molar refractivity (Wildman–Crippen MR) is 66.0 cm³/mol. The lowest BCUT2D eigenvalue weighted by molar-refractivity contribution is -0.161. The number of methoxy groups -OCH3 is 1. The first-order valence-electron chi connectivity index (χ1n) is 5.94. The number of nitrogens with zero attached hydrogens (tertiary/aromatic N) is 2. The molecule has 0 radical (unpaired) electrons. The van der Waals surface area contributed by atoms with E-state index in [4.69, 9.17) is 10.1 Å². The normalized spacial score (nSPS) is 12.7. The summed E-state index contributed by atoms with van der Waals surface area (Å²) in [5.74, 6) is -1.58. The lowest BCUT2D eigenvalue weighted by atomic mass is 9.85. The molecule has 0 unspecified atom stereocenters. The number of carbonyl (C=O) groups is 1. The van der Waals surface area contributed by atoms with E-state index in [-0.39, 0.29) is 5.92 Å². The second-order valence-electron chi connectivity index (χ2n) is 4.27. The molecule has 6 heteroatoms. The van der Waals surface area contributed by atoms with Crippen molar-refractivity contribution in [1.29, 1.82) is 5.39 Å². The van der Waals surface area contributed by atoms with Crippen molar-refractivity contribution >= 4 is 5.97 Å². The summed E-state index contributed by atoms with van der Waals surface area (Å²) in [7, 11) is 1.16. The highest BCUT2D eigenvalue weighted by atomic mass is 16.6. The third-order valence-corrected chi connectivity index (χ3v) is 3.23. The molecule has 0 atom stereocenters. The Morgan fingerprint density at radius 1 is 1.39 bits per heavy atom. The monoisotopic (exact) mass is 257 g/mol. The summed E-state index contributed by atoms with van der Waals surface area (Å²) in [6.45, 7) is 7.70. The molecule has 0 amide bonds. The Hall–Kier alpha value is -1.77. The fourth-order valence-electron chi connectivity index (χ4n) is 1.83. The topological polar surface area (TPSA) is 83.9 Å². The SMILES string of the molecule is CCC(CC)(OC(=O)/C([N+]#N)=C(/O)OC)C(C)C. The zero-order valence-electron chi connectivity index (χ0n) is 11.6. The quantitative estimate of drug-likeness (QED) is 0.342. The molecule has 1 N–H and O–H groups in total. The van der Waals surface area contributed by atoms with E-state index in [9.17, 15) is 9.90 Å². The Morgan fingerprint density at radius 2 is 1.89 bits per heavy atom. The van der Waals surface area contributed by atoms with Gasteiger partial charge in [-0.15, -0.1) is 0 Å². The fourth-order valence-corrected chi connectivity index (χ4v) is 1.83. The Bertz CT molecular complexity index is 365. The molecular weight excluding hydrogens is 236 g/mol. The summed E-state index contributed by atoms with van der Waals surface area (Å²) < 4.78 is 9.83. The summed E-state index contributed by atoms with van der Waals surface area (Å²) >= 11 is 0. The van der Waals surface area contributed by atoms with Crippen LogP contribution in [0.3, 0.4) is 0 Å². The molecule has 0 aromatic rings. The highest BCUT2D eigenvalue weighted by molar-refractivity contribution is 5.90. The predicted octanol–water partition coefficient (Wildman–Crippen LogP) is 2.97. The van der Waals surface area contributed by atoms with E-state index >= 15 is 0 Å². The molecule has 0 rings (SSSR count). The number of diazo groups is 1. The number of esters is 1. The van der Waals surface area contributed by atoms with Crippen LogP contribution in [-0.2, 0) is 14.3 Å². The molecule has 0 aliphatic rings. The molecule has 0 fully saturated rings. The van der Waals surface area contributed by atoms with Crippen LogP contribution < -0.4 is 0 Å². The number of rotatable bonds is 6. The number of aliphatic hydroxyl groups is 1. The first-order valence-corrected chi connectivity index (χ1v) is 5.94. The largest absolute Gasteiger partial charge is 0.547 e. The maximum absolute atomic E-state index is 11.8. The molecule has 0 aliphatic carbocycles. The van der Waals surface area contributed by atoms with Crippen LogP contribution in [-0.4, -0.2) is 23.8 Å². The number of aliphatic hydroxyl groups excluding tert-OH is 1. The van der Waals surface area contributed by atoms with Gasteiger partial charge in [-0.3, -0.25) is 0 Å². The van der Waals surface area contributed by atoms with Crippen LogP contribution in [0.4, 0.5) is 0 Å². The maximum atomic E-state index is 11.8. The van der Waals surface area contributed by atoms with Gasteiger partial charge in [0.05, 0.1) is 7.11 Å². The van der Waals surface area contributed by atoms with Gasteiger partial charge < -0.3 is 14.6 Å². The number of ether oxygens (including phenoxy) is 2. The highest BCUT2D eigenvalue weighted by Gasteiger charge is 2.41. The Morgan fingerprint density at radius 3 is 2.17 bits per heavy atom.